The summed E-state index contributed by atoms with van der Waals surface area (Å²) in [7, 11) is -2.31. The number of carbonyl (C=O) groups is 3. The van der Waals surface area contributed by atoms with Crippen LogP contribution in [-0.4, -0.2) is 74.2 Å². The van der Waals surface area contributed by atoms with Crippen LogP contribution in [0, 0.1) is 11.8 Å². The Labute approximate surface area is 351 Å². The van der Waals surface area contributed by atoms with Gasteiger partial charge in [-0.05, 0) is 69.6 Å². The van der Waals surface area contributed by atoms with E-state index >= 15 is 0 Å². The first-order valence-electron chi connectivity index (χ1n) is 21.1. The van der Waals surface area contributed by atoms with E-state index in [4.69, 9.17) is 19.4 Å². The predicted octanol–water partition coefficient (Wildman–Crippen LogP) is 9.62. The molecule has 2 aliphatic heterocycles. The van der Waals surface area contributed by atoms with Crippen LogP contribution in [0.2, 0.25) is 0 Å². The molecule has 2 N–H and O–H groups in total. The number of rotatable bonds is 13. The number of hydrogen-bond acceptors (Lipinski definition) is 10. The Morgan fingerprint density at radius 1 is 1.08 bits per heavy atom. The Hall–Kier alpha value is -4.38. The van der Waals surface area contributed by atoms with Gasteiger partial charge in [0.2, 0.25) is 13.3 Å². The van der Waals surface area contributed by atoms with Crippen molar-refractivity contribution in [1.29, 1.82) is 0 Å². The number of Topliss-reactive ketones (excluding diaryl/α,β-unsaturated/α-hetero) is 2. The Balaban J connectivity index is 1.24. The molecule has 3 aliphatic rings. The van der Waals surface area contributed by atoms with Crippen LogP contribution in [0.3, 0.4) is 0 Å². The highest BCUT2D eigenvalue weighted by Gasteiger charge is 2.65. The van der Waals surface area contributed by atoms with Crippen LogP contribution in [0.4, 0.5) is 5.13 Å². The van der Waals surface area contributed by atoms with E-state index in [9.17, 15) is 23.8 Å². The predicted molar refractivity (Wildman–Crippen MR) is 233 cm³/mol. The molecule has 1 saturated heterocycles. The maximum atomic E-state index is 14.8. The zero-order chi connectivity index (χ0) is 41.7. The van der Waals surface area contributed by atoms with Crippen LogP contribution in [0.15, 0.2) is 72.1 Å². The summed E-state index contributed by atoms with van der Waals surface area (Å²) >= 11 is 1.49. The number of ether oxygens (including phenoxy) is 2. The number of pyridine rings is 1. The molecule has 4 aromatic rings. The minimum absolute atomic E-state index is 0.0254. The highest BCUT2D eigenvalue weighted by Crippen LogP contribution is 2.74. The van der Waals surface area contributed by atoms with Crippen molar-refractivity contribution >= 4 is 52.2 Å². The first-order valence-corrected chi connectivity index (χ1v) is 23.9. The van der Waals surface area contributed by atoms with Crippen molar-refractivity contribution in [3.8, 4) is 22.9 Å². The molecule has 314 valence electrons. The third-order valence-corrected chi connectivity index (χ3v) is 15.7. The van der Waals surface area contributed by atoms with Crippen LogP contribution in [-0.2, 0) is 25.1 Å². The second-order valence-corrected chi connectivity index (χ2v) is 20.3. The third-order valence-electron chi connectivity index (χ3n) is 12.0. The average molecular weight is 841 g/mol. The first-order chi connectivity index (χ1) is 28.4. The van der Waals surface area contributed by atoms with Crippen molar-refractivity contribution in [2.75, 3.05) is 19.0 Å². The molecule has 1 amide bonds. The van der Waals surface area contributed by atoms with Gasteiger partial charge in [-0.2, -0.15) is 0 Å². The second kappa shape index (κ2) is 18.5. The molecule has 6 atom stereocenters. The summed E-state index contributed by atoms with van der Waals surface area (Å²) in [5.41, 5.74) is 2.68. The zero-order valence-electron chi connectivity index (χ0n) is 34.6. The minimum atomic E-state index is -3.91. The normalized spacial score (nSPS) is 25.4. The van der Waals surface area contributed by atoms with Gasteiger partial charge in [-0.3, -0.25) is 18.9 Å². The molecule has 0 spiro atoms. The second-order valence-electron chi connectivity index (χ2n) is 16.9. The number of thiazole rings is 1. The number of carbonyl (C=O) groups excluding carboxylic acids is 3. The number of nitrogens with one attached hydrogen (secondary N) is 1. The molecule has 0 bridgehead atoms. The standard InChI is InChI=1S/C46H57N4O7PS/c1-5-14-34(51)21-32-17-12-7-6-8-13-18-33-25-46(33,58(54,55)28-31-15-10-9-11-16-31)26-42(52)41-23-36(27-50(41)44(32)53)57-43-24-39(40-29-59-45(49-40)47-30(2)3)48-38-22-35(56-4)19-20-37(38)43/h9-11,13,15-16,18-20,22,24,29-30,32-33,36,41H,5-8,12,14,17,21,23,25-28H2,1-4H3,(H,47,49)(H,54,55)/b18-13-/t32?,33-,36+,41-,46+/m0/s1. The van der Waals surface area contributed by atoms with Crippen molar-refractivity contribution in [3.05, 3.63) is 77.7 Å². The van der Waals surface area contributed by atoms with E-state index in [-0.39, 0.29) is 61.4 Å². The van der Waals surface area contributed by atoms with Crippen molar-refractivity contribution in [3.63, 3.8) is 0 Å². The highest BCUT2D eigenvalue weighted by molar-refractivity contribution is 7.59. The van der Waals surface area contributed by atoms with E-state index in [0.717, 1.165) is 41.8 Å². The highest BCUT2D eigenvalue weighted by atomic mass is 32.1. The van der Waals surface area contributed by atoms with E-state index in [1.165, 1.54) is 11.3 Å². The number of amides is 1. The van der Waals surface area contributed by atoms with Gasteiger partial charge >= 0.3 is 0 Å². The molecule has 1 saturated carbocycles. The van der Waals surface area contributed by atoms with Gasteiger partial charge in [-0.25, -0.2) is 9.97 Å². The lowest BCUT2D eigenvalue weighted by Crippen LogP contribution is -2.45. The quantitative estimate of drug-likeness (QED) is 0.0985. The number of allylic oxidation sites excluding steroid dienone is 2. The van der Waals surface area contributed by atoms with Crippen molar-refractivity contribution < 1.29 is 33.3 Å². The zero-order valence-corrected chi connectivity index (χ0v) is 36.3. The van der Waals surface area contributed by atoms with Crippen molar-refractivity contribution in [1.82, 2.24) is 14.9 Å². The molecule has 2 unspecified atom stereocenters. The minimum Gasteiger partial charge on any atom is -0.497 e. The smallest absolute Gasteiger partial charge is 0.226 e. The molecule has 11 nitrogen and oxygen atoms in total. The molecule has 2 aromatic heterocycles. The first kappa shape index (κ1) is 42.7. The molecular formula is C46H57N4O7PS. The monoisotopic (exact) mass is 840 g/mol. The average Bonchev–Trinajstić information content (AvgIpc) is 3.48. The van der Waals surface area contributed by atoms with Crippen LogP contribution >= 0.6 is 18.7 Å². The van der Waals surface area contributed by atoms with Gasteiger partial charge in [0.15, 0.2) is 10.9 Å². The molecule has 2 aromatic carbocycles. The number of fused-ring (bicyclic) bond motifs is 3. The number of benzene rings is 2. The lowest BCUT2D eigenvalue weighted by Gasteiger charge is -2.30. The maximum absolute atomic E-state index is 14.8. The van der Waals surface area contributed by atoms with Gasteiger partial charge < -0.3 is 24.6 Å². The summed E-state index contributed by atoms with van der Waals surface area (Å²) in [6, 6.07) is 16.0. The summed E-state index contributed by atoms with van der Waals surface area (Å²) in [5, 5.41) is 5.69. The summed E-state index contributed by atoms with van der Waals surface area (Å²) in [5.74, 6) is -0.0234. The summed E-state index contributed by atoms with van der Waals surface area (Å²) in [4.78, 5) is 66.0. The van der Waals surface area contributed by atoms with Gasteiger partial charge in [0.25, 0.3) is 0 Å². The maximum Gasteiger partial charge on any atom is 0.226 e. The molecule has 13 heteroatoms. The molecule has 0 radical (unpaired) electrons. The van der Waals surface area contributed by atoms with Gasteiger partial charge in [-0.1, -0.05) is 62.2 Å². The van der Waals surface area contributed by atoms with Gasteiger partial charge in [0, 0.05) is 60.5 Å². The number of anilines is 1. The SMILES string of the molecule is CCCC(=O)CC1CCCCC/C=C\[C@H]2C[C@@]2(P(=O)(O)Cc2ccccc2)CC(=O)[C@@H]2C[C@@H](Oc3cc(-c4csc(NC(C)C)n4)nc4cc(OC)ccc34)CN2C1=O. The van der Waals surface area contributed by atoms with E-state index in [1.807, 2.05) is 73.0 Å². The number of aromatic nitrogens is 2. The van der Waals surface area contributed by atoms with Crippen LogP contribution in [0.1, 0.15) is 97.0 Å². The summed E-state index contributed by atoms with van der Waals surface area (Å²) in [6.45, 7) is 6.20. The number of nitrogens with zero attached hydrogens (tertiary/aromatic N) is 3. The molecule has 1 aliphatic carbocycles. The van der Waals surface area contributed by atoms with Gasteiger partial charge in [0.1, 0.15) is 29.1 Å². The Morgan fingerprint density at radius 3 is 2.66 bits per heavy atom. The molecule has 59 heavy (non-hydrogen) atoms. The van der Waals surface area contributed by atoms with Gasteiger partial charge in [0.05, 0.1) is 42.2 Å². The number of methoxy groups -OCH3 is 1. The van der Waals surface area contributed by atoms with Crippen molar-refractivity contribution in [2.24, 2.45) is 11.8 Å². The molecular weight excluding hydrogens is 784 g/mol. The Morgan fingerprint density at radius 2 is 1.90 bits per heavy atom. The topological polar surface area (TPSA) is 148 Å². The Kier molecular flexibility index (Phi) is 13.4. The summed E-state index contributed by atoms with van der Waals surface area (Å²) < 4.78 is 26.9. The fraction of sp³-hybridized carbons (Fsp3) is 0.500. The largest absolute Gasteiger partial charge is 0.497 e. The van der Waals surface area contributed by atoms with Gasteiger partial charge in [-0.15, -0.1) is 11.3 Å². The van der Waals surface area contributed by atoms with Crippen LogP contribution in [0.25, 0.3) is 22.3 Å². The van der Waals surface area contributed by atoms with Crippen LogP contribution < -0.4 is 14.8 Å². The van der Waals surface area contributed by atoms with E-state index in [2.05, 4.69) is 25.2 Å². The Bertz CT molecular complexity index is 2230. The third kappa shape index (κ3) is 9.82. The fourth-order valence-electron chi connectivity index (χ4n) is 8.85. The fourth-order valence-corrected chi connectivity index (χ4v) is 12.2. The van der Waals surface area contributed by atoms with Crippen molar-refractivity contribution in [2.45, 2.75) is 121 Å². The number of hydrogen-bond donors (Lipinski definition) is 2. The van der Waals surface area contributed by atoms with E-state index in [1.54, 1.807) is 12.0 Å². The number of ketones is 2. The van der Waals surface area contributed by atoms with Crippen LogP contribution in [0.5, 0.6) is 11.5 Å². The lowest BCUT2D eigenvalue weighted by atomic mass is 9.92. The van der Waals surface area contributed by atoms with E-state index < -0.39 is 30.6 Å². The molecule has 2 fully saturated rings. The molecule has 7 rings (SSSR count). The molecule has 4 heterocycles. The van der Waals surface area contributed by atoms with E-state index in [0.29, 0.717) is 54.1 Å². The summed E-state index contributed by atoms with van der Waals surface area (Å²) in [6.07, 6.45) is 9.23. The lowest BCUT2D eigenvalue weighted by molar-refractivity contribution is -0.142.